The smallest absolute Gasteiger partial charge is 0.263 e. The van der Waals surface area contributed by atoms with E-state index in [-0.39, 0.29) is 12.5 Å². The highest BCUT2D eigenvalue weighted by Crippen LogP contribution is 2.35. The number of amides is 1. The Morgan fingerprint density at radius 2 is 1.86 bits per heavy atom. The molecule has 29 heavy (non-hydrogen) atoms. The van der Waals surface area contributed by atoms with Crippen LogP contribution in [-0.2, 0) is 21.4 Å². The third kappa shape index (κ3) is 4.05. The van der Waals surface area contributed by atoms with Crippen molar-refractivity contribution >= 4 is 32.4 Å². The number of aryl methyl sites for hydroxylation is 1. The van der Waals surface area contributed by atoms with Crippen molar-refractivity contribution in [2.75, 3.05) is 17.1 Å². The highest BCUT2D eigenvalue weighted by molar-refractivity contribution is 7.92. The van der Waals surface area contributed by atoms with E-state index >= 15 is 0 Å². The molecule has 0 aliphatic carbocycles. The van der Waals surface area contributed by atoms with Crippen LogP contribution in [0.2, 0.25) is 0 Å². The average molecular weight is 410 g/mol. The molecule has 3 aromatic rings. The normalized spacial score (nSPS) is 16.2. The van der Waals surface area contributed by atoms with E-state index in [4.69, 9.17) is 4.74 Å². The number of rotatable bonds is 4. The Labute approximate surface area is 170 Å². The predicted molar refractivity (Wildman–Crippen MR) is 114 cm³/mol. The molecule has 150 valence electrons. The average Bonchev–Trinajstić information content (AvgIpc) is 2.70. The van der Waals surface area contributed by atoms with Crippen LogP contribution in [0.1, 0.15) is 11.1 Å². The van der Waals surface area contributed by atoms with Crippen molar-refractivity contribution in [2.45, 2.75) is 19.6 Å². The molecule has 3 aromatic carbocycles. The van der Waals surface area contributed by atoms with Gasteiger partial charge in [0.2, 0.25) is 10.0 Å². The monoisotopic (exact) mass is 410 g/mol. The number of hydrogen-bond acceptors (Lipinski definition) is 4. The molecule has 0 bridgehead atoms. The van der Waals surface area contributed by atoms with Gasteiger partial charge in [-0.25, -0.2) is 8.42 Å². The maximum Gasteiger partial charge on any atom is 0.263 e. The number of nitrogens with zero attached hydrogens (tertiary/aromatic N) is 1. The molecule has 0 spiro atoms. The lowest BCUT2D eigenvalue weighted by Crippen LogP contribution is -2.50. The van der Waals surface area contributed by atoms with Crippen LogP contribution in [0.5, 0.6) is 5.75 Å². The highest BCUT2D eigenvalue weighted by Gasteiger charge is 2.34. The van der Waals surface area contributed by atoms with Gasteiger partial charge >= 0.3 is 0 Å². The van der Waals surface area contributed by atoms with Crippen molar-refractivity contribution in [1.29, 1.82) is 0 Å². The van der Waals surface area contributed by atoms with Crippen LogP contribution < -0.4 is 14.4 Å². The Kier molecular flexibility index (Phi) is 4.92. The zero-order valence-corrected chi connectivity index (χ0v) is 17.1. The van der Waals surface area contributed by atoms with Gasteiger partial charge in [-0.1, -0.05) is 42.5 Å². The van der Waals surface area contributed by atoms with Crippen molar-refractivity contribution in [2.24, 2.45) is 0 Å². The van der Waals surface area contributed by atoms with Crippen molar-refractivity contribution < 1.29 is 17.9 Å². The molecule has 1 aliphatic heterocycles. The minimum Gasteiger partial charge on any atom is -0.476 e. The molecule has 0 fully saturated rings. The van der Waals surface area contributed by atoms with Crippen LogP contribution in [-0.4, -0.2) is 33.2 Å². The molecular weight excluding hydrogens is 388 g/mol. The minimum absolute atomic E-state index is 0.0571. The molecule has 7 heteroatoms. The predicted octanol–water partition coefficient (Wildman–Crippen LogP) is 2.99. The summed E-state index contributed by atoms with van der Waals surface area (Å²) in [6.45, 7) is 2.17. The van der Waals surface area contributed by atoms with Crippen LogP contribution in [0.3, 0.4) is 0 Å². The molecule has 6 nitrogen and oxygen atoms in total. The van der Waals surface area contributed by atoms with Crippen molar-refractivity contribution in [3.63, 3.8) is 0 Å². The molecule has 4 rings (SSSR count). The van der Waals surface area contributed by atoms with Gasteiger partial charge in [-0.15, -0.1) is 0 Å². The van der Waals surface area contributed by atoms with Crippen LogP contribution in [0.15, 0.2) is 60.7 Å². The lowest BCUT2D eigenvalue weighted by molar-refractivity contribution is -0.127. The Balaban J connectivity index is 1.52. The number of carbonyl (C=O) groups is 1. The van der Waals surface area contributed by atoms with Crippen LogP contribution >= 0.6 is 0 Å². The van der Waals surface area contributed by atoms with Gasteiger partial charge in [0.25, 0.3) is 5.91 Å². The number of sulfonamides is 1. The number of hydrogen-bond donors (Lipinski definition) is 1. The first-order valence-corrected chi connectivity index (χ1v) is 11.2. The summed E-state index contributed by atoms with van der Waals surface area (Å²) in [7, 11) is -3.54. The topological polar surface area (TPSA) is 75.7 Å². The number of carbonyl (C=O) groups excluding carboxylic acids is 1. The summed E-state index contributed by atoms with van der Waals surface area (Å²) in [5.74, 6) is 0.0477. The second kappa shape index (κ2) is 7.40. The molecule has 1 atom stereocenters. The molecule has 1 aliphatic rings. The summed E-state index contributed by atoms with van der Waals surface area (Å²) < 4.78 is 31.6. The fraction of sp³-hybridized carbons (Fsp3) is 0.227. The van der Waals surface area contributed by atoms with Gasteiger partial charge in [-0.2, -0.15) is 0 Å². The van der Waals surface area contributed by atoms with E-state index in [0.29, 0.717) is 18.0 Å². The van der Waals surface area contributed by atoms with Crippen LogP contribution in [0.4, 0.5) is 5.69 Å². The molecular formula is C22H22N2O4S. The first kappa shape index (κ1) is 19.3. The van der Waals surface area contributed by atoms with E-state index in [1.54, 1.807) is 12.1 Å². The Bertz CT molecular complexity index is 1190. The van der Waals surface area contributed by atoms with E-state index in [9.17, 15) is 13.2 Å². The Hall–Kier alpha value is -3.06. The zero-order valence-electron chi connectivity index (χ0n) is 16.3. The van der Waals surface area contributed by atoms with Gasteiger partial charge in [-0.05, 0) is 47.0 Å². The summed E-state index contributed by atoms with van der Waals surface area (Å²) in [6, 6.07) is 19.3. The highest BCUT2D eigenvalue weighted by atomic mass is 32.2. The number of anilines is 1. The summed E-state index contributed by atoms with van der Waals surface area (Å²) >= 11 is 0. The molecule has 0 saturated carbocycles. The maximum absolute atomic E-state index is 12.7. The van der Waals surface area contributed by atoms with Gasteiger partial charge < -0.3 is 10.1 Å². The van der Waals surface area contributed by atoms with Crippen molar-refractivity contribution in [3.05, 3.63) is 71.8 Å². The molecule has 0 radical (unpaired) electrons. The van der Waals surface area contributed by atoms with Crippen molar-refractivity contribution in [3.8, 4) is 5.75 Å². The van der Waals surface area contributed by atoms with E-state index < -0.39 is 16.1 Å². The molecule has 1 unspecified atom stereocenters. The van der Waals surface area contributed by atoms with Gasteiger partial charge in [-0.3, -0.25) is 9.10 Å². The van der Waals surface area contributed by atoms with E-state index in [1.807, 2.05) is 55.5 Å². The SMILES string of the molecule is Cc1ccc2c(c1)OC(C(=O)NCc1ccc3ccccc3c1)CN2S(C)(=O)=O. The van der Waals surface area contributed by atoms with E-state index in [2.05, 4.69) is 5.32 Å². The van der Waals surface area contributed by atoms with Crippen molar-refractivity contribution in [1.82, 2.24) is 5.32 Å². The zero-order chi connectivity index (χ0) is 20.6. The quantitative estimate of drug-likeness (QED) is 0.718. The third-order valence-electron chi connectivity index (χ3n) is 4.96. The maximum atomic E-state index is 12.7. The van der Waals surface area contributed by atoms with Crippen LogP contribution in [0.25, 0.3) is 10.8 Å². The van der Waals surface area contributed by atoms with Crippen LogP contribution in [0, 0.1) is 6.92 Å². The second-order valence-electron chi connectivity index (χ2n) is 7.27. The fourth-order valence-corrected chi connectivity index (χ4v) is 4.38. The summed E-state index contributed by atoms with van der Waals surface area (Å²) in [4.78, 5) is 12.7. The van der Waals surface area contributed by atoms with Gasteiger partial charge in [0, 0.05) is 6.54 Å². The Morgan fingerprint density at radius 3 is 2.62 bits per heavy atom. The molecule has 0 saturated heterocycles. The summed E-state index contributed by atoms with van der Waals surface area (Å²) in [5.41, 5.74) is 2.34. The number of nitrogens with one attached hydrogen (secondary N) is 1. The molecule has 1 heterocycles. The number of fused-ring (bicyclic) bond motifs is 2. The lowest BCUT2D eigenvalue weighted by atomic mass is 10.1. The second-order valence-corrected chi connectivity index (χ2v) is 9.18. The fourth-order valence-electron chi connectivity index (χ4n) is 3.46. The number of benzene rings is 3. The van der Waals surface area contributed by atoms with E-state index in [0.717, 1.165) is 28.2 Å². The first-order valence-electron chi connectivity index (χ1n) is 9.32. The molecule has 1 amide bonds. The first-order chi connectivity index (χ1) is 13.8. The molecule has 0 aromatic heterocycles. The molecule has 1 N–H and O–H groups in total. The number of ether oxygens (including phenoxy) is 1. The van der Waals surface area contributed by atoms with Gasteiger partial charge in [0.1, 0.15) is 5.75 Å². The summed E-state index contributed by atoms with van der Waals surface area (Å²) in [6.07, 6.45) is 0.214. The lowest BCUT2D eigenvalue weighted by Gasteiger charge is -2.34. The minimum atomic E-state index is -3.54. The Morgan fingerprint density at radius 1 is 1.10 bits per heavy atom. The standard InChI is InChI=1S/C22H22N2O4S/c1-15-7-10-19-20(11-15)28-21(14-24(19)29(2,26)27)22(25)23-13-16-8-9-17-5-3-4-6-18(17)12-16/h3-12,21H,13-14H2,1-2H3,(H,23,25). The van der Waals surface area contributed by atoms with Gasteiger partial charge in [0.15, 0.2) is 6.10 Å². The van der Waals surface area contributed by atoms with Gasteiger partial charge in [0.05, 0.1) is 18.5 Å². The largest absolute Gasteiger partial charge is 0.476 e. The summed E-state index contributed by atoms with van der Waals surface area (Å²) in [5, 5.41) is 5.10. The van der Waals surface area contributed by atoms with E-state index in [1.165, 1.54) is 4.31 Å². The third-order valence-corrected chi connectivity index (χ3v) is 6.10.